The quantitative estimate of drug-likeness (QED) is 0.451. The largest absolute Gasteiger partial charge is 0.393 e. The molecule has 0 unspecified atom stereocenters. The molecule has 0 saturated heterocycles. The molecule has 92 valence electrons. The van der Waals surface area contributed by atoms with E-state index in [-0.39, 0.29) is 6.10 Å². The number of allylic oxidation sites excluding steroid dienone is 1. The Morgan fingerprint density at radius 2 is 2.19 bits per heavy atom. The summed E-state index contributed by atoms with van der Waals surface area (Å²) in [5.74, 6) is 1.91. The van der Waals surface area contributed by atoms with Crippen LogP contribution in [0.3, 0.4) is 0 Å². The topological polar surface area (TPSA) is 38.7 Å². The molecule has 5 atom stereocenters. The van der Waals surface area contributed by atoms with Crippen molar-refractivity contribution in [1.82, 2.24) is 0 Å². The van der Waals surface area contributed by atoms with E-state index >= 15 is 0 Å². The van der Waals surface area contributed by atoms with E-state index in [4.69, 9.17) is 9.47 Å². The normalized spacial score (nSPS) is 42.3. The molecule has 0 aromatic carbocycles. The second kappa shape index (κ2) is 5.30. The second-order valence-electron chi connectivity index (χ2n) is 5.14. The fourth-order valence-corrected chi connectivity index (χ4v) is 3.23. The summed E-state index contributed by atoms with van der Waals surface area (Å²) in [4.78, 5) is 0. The molecule has 0 spiro atoms. The monoisotopic (exact) mass is 226 g/mol. The molecule has 1 fully saturated rings. The summed E-state index contributed by atoms with van der Waals surface area (Å²) >= 11 is 0. The molecule has 0 radical (unpaired) electrons. The molecule has 3 nitrogen and oxygen atoms in total. The molecule has 0 bridgehead atoms. The molecule has 0 aliphatic heterocycles. The molecule has 0 aromatic rings. The van der Waals surface area contributed by atoms with Crippen LogP contribution in [0.15, 0.2) is 12.2 Å². The molecule has 1 N–H and O–H groups in total. The zero-order valence-electron chi connectivity index (χ0n) is 10.1. The molecule has 0 amide bonds. The van der Waals surface area contributed by atoms with Crippen LogP contribution in [0.5, 0.6) is 0 Å². The molecule has 2 aliphatic rings. The van der Waals surface area contributed by atoms with Gasteiger partial charge in [0.15, 0.2) is 0 Å². The number of rotatable bonds is 4. The predicted molar refractivity (Wildman–Crippen MR) is 61.8 cm³/mol. The lowest BCUT2D eigenvalue weighted by atomic mass is 9.78. The molecular weight excluding hydrogens is 204 g/mol. The van der Waals surface area contributed by atoms with Gasteiger partial charge < -0.3 is 14.6 Å². The summed E-state index contributed by atoms with van der Waals surface area (Å²) < 4.78 is 10.3. The minimum absolute atomic E-state index is 0.125. The highest BCUT2D eigenvalue weighted by Gasteiger charge is 2.43. The van der Waals surface area contributed by atoms with E-state index < -0.39 is 0 Å². The number of ether oxygens (including phenoxy) is 2. The summed E-state index contributed by atoms with van der Waals surface area (Å²) in [6.07, 6.45) is 6.47. The van der Waals surface area contributed by atoms with Gasteiger partial charge in [-0.3, -0.25) is 0 Å². The first-order valence-corrected chi connectivity index (χ1v) is 6.15. The summed E-state index contributed by atoms with van der Waals surface area (Å²) in [6.45, 7) is 3.22. The minimum atomic E-state index is -0.125. The van der Waals surface area contributed by atoms with Crippen LogP contribution in [0.2, 0.25) is 0 Å². The Labute approximate surface area is 97.4 Å². The number of aliphatic hydroxyl groups is 1. The summed E-state index contributed by atoms with van der Waals surface area (Å²) in [5, 5.41) is 10.1. The number of hydrogen-bond donors (Lipinski definition) is 1. The fourth-order valence-electron chi connectivity index (χ4n) is 3.23. The summed E-state index contributed by atoms with van der Waals surface area (Å²) in [7, 11) is 1.64. The van der Waals surface area contributed by atoms with Crippen molar-refractivity contribution in [2.24, 2.45) is 23.7 Å². The maximum atomic E-state index is 10.1. The van der Waals surface area contributed by atoms with Crippen LogP contribution in [0, 0.1) is 23.7 Å². The van der Waals surface area contributed by atoms with Gasteiger partial charge in [0, 0.05) is 13.0 Å². The van der Waals surface area contributed by atoms with Gasteiger partial charge in [0.1, 0.15) is 6.79 Å². The van der Waals surface area contributed by atoms with Gasteiger partial charge in [-0.15, -0.1) is 0 Å². The van der Waals surface area contributed by atoms with Crippen molar-refractivity contribution in [2.75, 3.05) is 20.5 Å². The number of aliphatic hydroxyl groups excluding tert-OH is 1. The van der Waals surface area contributed by atoms with Crippen LogP contribution in [-0.4, -0.2) is 31.7 Å². The Morgan fingerprint density at radius 1 is 1.38 bits per heavy atom. The lowest BCUT2D eigenvalue weighted by molar-refractivity contribution is -0.0483. The lowest BCUT2D eigenvalue weighted by Crippen LogP contribution is -2.29. The van der Waals surface area contributed by atoms with Crippen LogP contribution in [0.4, 0.5) is 0 Å². The van der Waals surface area contributed by atoms with Crippen LogP contribution in [0.25, 0.3) is 0 Å². The number of hydrogen-bond acceptors (Lipinski definition) is 3. The second-order valence-corrected chi connectivity index (χ2v) is 5.14. The first-order valence-electron chi connectivity index (χ1n) is 6.15. The Hall–Kier alpha value is -0.380. The Bertz CT molecular complexity index is 252. The van der Waals surface area contributed by atoms with Crippen molar-refractivity contribution in [3.05, 3.63) is 12.2 Å². The van der Waals surface area contributed by atoms with Gasteiger partial charge >= 0.3 is 0 Å². The first-order chi connectivity index (χ1) is 7.74. The van der Waals surface area contributed by atoms with Crippen molar-refractivity contribution >= 4 is 0 Å². The summed E-state index contributed by atoms with van der Waals surface area (Å²) in [6, 6.07) is 0. The molecule has 3 heteroatoms. The standard InChI is InChI=1S/C13H22O3/c1-9-6-12-10(7-16-8-15-2)4-3-5-11(12)13(9)14/h3-4,9-14H,5-8H2,1-2H3/t9-,10+,11-,12+,13-/m0/s1. The van der Waals surface area contributed by atoms with Gasteiger partial charge in [0.25, 0.3) is 0 Å². The fraction of sp³-hybridized carbons (Fsp3) is 0.846. The third-order valence-corrected chi connectivity index (χ3v) is 4.07. The van der Waals surface area contributed by atoms with Crippen molar-refractivity contribution in [2.45, 2.75) is 25.9 Å². The van der Waals surface area contributed by atoms with Crippen LogP contribution >= 0.6 is 0 Å². The maximum absolute atomic E-state index is 10.1. The van der Waals surface area contributed by atoms with Gasteiger partial charge in [0.2, 0.25) is 0 Å². The molecular formula is C13H22O3. The van der Waals surface area contributed by atoms with Crippen molar-refractivity contribution in [3.63, 3.8) is 0 Å². The van der Waals surface area contributed by atoms with E-state index in [0.717, 1.165) is 12.8 Å². The zero-order chi connectivity index (χ0) is 11.5. The van der Waals surface area contributed by atoms with Gasteiger partial charge in [0.05, 0.1) is 12.7 Å². The molecule has 0 aromatic heterocycles. The highest BCUT2D eigenvalue weighted by Crippen LogP contribution is 2.45. The third kappa shape index (κ3) is 2.31. The molecule has 2 aliphatic carbocycles. The van der Waals surface area contributed by atoms with Gasteiger partial charge in [-0.1, -0.05) is 19.1 Å². The van der Waals surface area contributed by atoms with Crippen molar-refractivity contribution in [1.29, 1.82) is 0 Å². The van der Waals surface area contributed by atoms with E-state index in [0.29, 0.717) is 37.1 Å². The summed E-state index contributed by atoms with van der Waals surface area (Å²) in [5.41, 5.74) is 0. The Balaban J connectivity index is 1.93. The lowest BCUT2D eigenvalue weighted by Gasteiger charge is -2.30. The average molecular weight is 226 g/mol. The van der Waals surface area contributed by atoms with E-state index in [1.54, 1.807) is 7.11 Å². The number of fused-ring (bicyclic) bond motifs is 1. The molecule has 1 saturated carbocycles. The SMILES string of the molecule is COCOC[C@H]1C=CC[C@@H]2[C@@H](O)[C@@H](C)C[C@@H]21. The smallest absolute Gasteiger partial charge is 0.146 e. The van der Waals surface area contributed by atoms with Crippen molar-refractivity contribution < 1.29 is 14.6 Å². The highest BCUT2D eigenvalue weighted by molar-refractivity contribution is 5.06. The average Bonchev–Trinajstić information content (AvgIpc) is 2.57. The van der Waals surface area contributed by atoms with E-state index in [2.05, 4.69) is 19.1 Å². The Morgan fingerprint density at radius 3 is 2.94 bits per heavy atom. The van der Waals surface area contributed by atoms with Gasteiger partial charge in [-0.2, -0.15) is 0 Å². The van der Waals surface area contributed by atoms with Gasteiger partial charge in [-0.05, 0) is 30.6 Å². The van der Waals surface area contributed by atoms with Crippen molar-refractivity contribution in [3.8, 4) is 0 Å². The maximum Gasteiger partial charge on any atom is 0.146 e. The van der Waals surface area contributed by atoms with Crippen LogP contribution in [-0.2, 0) is 9.47 Å². The van der Waals surface area contributed by atoms with E-state index in [9.17, 15) is 5.11 Å². The van der Waals surface area contributed by atoms with Crippen LogP contribution < -0.4 is 0 Å². The third-order valence-electron chi connectivity index (χ3n) is 4.07. The predicted octanol–water partition coefficient (Wildman–Crippen LogP) is 1.82. The first kappa shape index (κ1) is 12.1. The zero-order valence-corrected chi connectivity index (χ0v) is 10.1. The molecule has 16 heavy (non-hydrogen) atoms. The van der Waals surface area contributed by atoms with Crippen LogP contribution in [0.1, 0.15) is 19.8 Å². The van der Waals surface area contributed by atoms with E-state index in [1.165, 1.54) is 0 Å². The minimum Gasteiger partial charge on any atom is -0.393 e. The van der Waals surface area contributed by atoms with Gasteiger partial charge in [-0.25, -0.2) is 0 Å². The molecule has 2 rings (SSSR count). The number of methoxy groups -OCH3 is 1. The van der Waals surface area contributed by atoms with E-state index in [1.807, 2.05) is 0 Å². The Kier molecular flexibility index (Phi) is 4.00. The highest BCUT2D eigenvalue weighted by atomic mass is 16.7. The molecule has 0 heterocycles.